The van der Waals surface area contributed by atoms with Gasteiger partial charge in [0.25, 0.3) is 0 Å². The molecule has 0 bridgehead atoms. The van der Waals surface area contributed by atoms with Crippen molar-refractivity contribution in [2.75, 3.05) is 0 Å². The normalized spacial score (nSPS) is 18.9. The van der Waals surface area contributed by atoms with Crippen LogP contribution in [0.3, 0.4) is 0 Å². The highest BCUT2D eigenvalue weighted by Gasteiger charge is 2.41. The summed E-state index contributed by atoms with van der Waals surface area (Å²) in [6.07, 6.45) is 6.72. The molecule has 0 radical (unpaired) electrons. The average molecular weight is 241 g/mol. The fraction of sp³-hybridized carbons (Fsp3) is 0.667. The Morgan fingerprint density at radius 3 is 2.62 bits per heavy atom. The standard InChI is InChI=1S/C12H17ClN2O/c1-3-12(6-4-5-7-12)11(16)10-9(13)8-14-15(10)2/h8H,3-7H2,1-2H3. The Labute approximate surface area is 101 Å². The van der Waals surface area contributed by atoms with E-state index in [1.54, 1.807) is 17.9 Å². The SMILES string of the molecule is CCC1(C(=O)c2c(Cl)cnn2C)CCCC1. The molecule has 1 aliphatic rings. The van der Waals surface area contributed by atoms with Gasteiger partial charge in [-0.1, -0.05) is 31.4 Å². The largest absolute Gasteiger partial charge is 0.292 e. The van der Waals surface area contributed by atoms with E-state index in [2.05, 4.69) is 12.0 Å². The Kier molecular flexibility index (Phi) is 3.06. The summed E-state index contributed by atoms with van der Waals surface area (Å²) in [4.78, 5) is 12.6. The van der Waals surface area contributed by atoms with Crippen molar-refractivity contribution in [2.24, 2.45) is 12.5 Å². The van der Waals surface area contributed by atoms with Crippen LogP contribution in [0.25, 0.3) is 0 Å². The van der Waals surface area contributed by atoms with Gasteiger partial charge in [0, 0.05) is 12.5 Å². The van der Waals surface area contributed by atoms with Crippen LogP contribution in [0.4, 0.5) is 0 Å². The van der Waals surface area contributed by atoms with Gasteiger partial charge in [0.15, 0.2) is 5.78 Å². The van der Waals surface area contributed by atoms with Crippen molar-refractivity contribution >= 4 is 17.4 Å². The summed E-state index contributed by atoms with van der Waals surface area (Å²) in [7, 11) is 1.78. The molecule has 0 unspecified atom stereocenters. The van der Waals surface area contributed by atoms with Crippen molar-refractivity contribution in [1.29, 1.82) is 0 Å². The van der Waals surface area contributed by atoms with Gasteiger partial charge >= 0.3 is 0 Å². The molecular formula is C12H17ClN2O. The zero-order valence-corrected chi connectivity index (χ0v) is 10.5. The summed E-state index contributed by atoms with van der Waals surface area (Å²) in [6.45, 7) is 2.09. The monoisotopic (exact) mass is 240 g/mol. The number of rotatable bonds is 3. The minimum absolute atomic E-state index is 0.178. The summed E-state index contributed by atoms with van der Waals surface area (Å²) in [6, 6.07) is 0. The van der Waals surface area contributed by atoms with E-state index in [9.17, 15) is 4.79 Å². The maximum absolute atomic E-state index is 12.6. The van der Waals surface area contributed by atoms with E-state index in [1.807, 2.05) is 0 Å². The van der Waals surface area contributed by atoms with Gasteiger partial charge < -0.3 is 0 Å². The molecule has 3 nitrogen and oxygen atoms in total. The predicted octanol–water partition coefficient (Wildman–Crippen LogP) is 3.23. The molecule has 0 atom stereocenters. The van der Waals surface area contributed by atoms with E-state index < -0.39 is 0 Å². The lowest BCUT2D eigenvalue weighted by Gasteiger charge is -2.25. The first-order chi connectivity index (χ1) is 7.60. The van der Waals surface area contributed by atoms with Crippen molar-refractivity contribution in [2.45, 2.75) is 39.0 Å². The van der Waals surface area contributed by atoms with Gasteiger partial charge in [-0.2, -0.15) is 5.10 Å². The van der Waals surface area contributed by atoms with E-state index >= 15 is 0 Å². The van der Waals surface area contributed by atoms with Crippen LogP contribution in [0.1, 0.15) is 49.5 Å². The van der Waals surface area contributed by atoms with Crippen LogP contribution in [-0.2, 0) is 7.05 Å². The molecule has 0 N–H and O–H groups in total. The third-order valence-electron chi connectivity index (χ3n) is 3.83. The lowest BCUT2D eigenvalue weighted by Crippen LogP contribution is -2.29. The van der Waals surface area contributed by atoms with Crippen LogP contribution >= 0.6 is 11.6 Å². The summed E-state index contributed by atoms with van der Waals surface area (Å²) in [5.74, 6) is 0.178. The Bertz CT molecular complexity index is 386. The van der Waals surface area contributed by atoms with Gasteiger partial charge in [-0.3, -0.25) is 9.48 Å². The van der Waals surface area contributed by atoms with Crippen LogP contribution in [-0.4, -0.2) is 15.6 Å². The number of hydrogen-bond acceptors (Lipinski definition) is 2. The lowest BCUT2D eigenvalue weighted by atomic mass is 9.78. The first-order valence-electron chi connectivity index (χ1n) is 5.83. The summed E-state index contributed by atoms with van der Waals surface area (Å²) in [5, 5.41) is 4.52. The second-order valence-corrected chi connectivity index (χ2v) is 5.04. The summed E-state index contributed by atoms with van der Waals surface area (Å²) >= 11 is 6.03. The van der Waals surface area contributed by atoms with Gasteiger partial charge in [-0.15, -0.1) is 0 Å². The molecule has 1 aliphatic carbocycles. The quantitative estimate of drug-likeness (QED) is 0.761. The first-order valence-corrected chi connectivity index (χ1v) is 6.21. The number of ketones is 1. The predicted molar refractivity (Wildman–Crippen MR) is 63.7 cm³/mol. The molecule has 0 saturated heterocycles. The number of hydrogen-bond donors (Lipinski definition) is 0. The van der Waals surface area contributed by atoms with Gasteiger partial charge in [-0.25, -0.2) is 0 Å². The Balaban J connectivity index is 2.38. The average Bonchev–Trinajstić information content (AvgIpc) is 2.86. The van der Waals surface area contributed by atoms with Crippen LogP contribution in [0.5, 0.6) is 0 Å². The Morgan fingerprint density at radius 2 is 2.19 bits per heavy atom. The fourth-order valence-corrected chi connectivity index (χ4v) is 2.96. The molecule has 1 aromatic rings. The Hall–Kier alpha value is -0.830. The molecule has 0 aliphatic heterocycles. The van der Waals surface area contributed by atoms with Crippen molar-refractivity contribution in [3.63, 3.8) is 0 Å². The topological polar surface area (TPSA) is 34.9 Å². The smallest absolute Gasteiger partial charge is 0.188 e. The minimum atomic E-state index is -0.183. The molecule has 16 heavy (non-hydrogen) atoms. The highest BCUT2D eigenvalue weighted by molar-refractivity contribution is 6.33. The van der Waals surface area contributed by atoms with Crippen LogP contribution < -0.4 is 0 Å². The van der Waals surface area contributed by atoms with Gasteiger partial charge in [-0.05, 0) is 19.3 Å². The van der Waals surface area contributed by atoms with E-state index in [4.69, 9.17) is 11.6 Å². The molecule has 1 heterocycles. The fourth-order valence-electron chi connectivity index (χ4n) is 2.71. The van der Waals surface area contributed by atoms with Crippen molar-refractivity contribution in [3.8, 4) is 0 Å². The third-order valence-corrected chi connectivity index (χ3v) is 4.10. The lowest BCUT2D eigenvalue weighted by molar-refractivity contribution is 0.0781. The van der Waals surface area contributed by atoms with Gasteiger partial charge in [0.2, 0.25) is 0 Å². The highest BCUT2D eigenvalue weighted by Crippen LogP contribution is 2.44. The van der Waals surface area contributed by atoms with Crippen molar-refractivity contribution in [3.05, 3.63) is 16.9 Å². The molecule has 1 aromatic heterocycles. The zero-order valence-electron chi connectivity index (χ0n) is 9.79. The number of halogens is 1. The van der Waals surface area contributed by atoms with Crippen LogP contribution in [0, 0.1) is 5.41 Å². The van der Waals surface area contributed by atoms with E-state index in [0.29, 0.717) is 10.7 Å². The molecule has 2 rings (SSSR count). The van der Waals surface area contributed by atoms with Crippen molar-refractivity contribution in [1.82, 2.24) is 9.78 Å². The minimum Gasteiger partial charge on any atom is -0.292 e. The molecule has 1 saturated carbocycles. The molecule has 1 fully saturated rings. The van der Waals surface area contributed by atoms with E-state index in [0.717, 1.165) is 32.1 Å². The third kappa shape index (κ3) is 1.67. The van der Waals surface area contributed by atoms with Crippen LogP contribution in [0.15, 0.2) is 6.20 Å². The number of aryl methyl sites for hydroxylation is 1. The van der Waals surface area contributed by atoms with Gasteiger partial charge in [0.1, 0.15) is 5.69 Å². The van der Waals surface area contributed by atoms with E-state index in [-0.39, 0.29) is 11.2 Å². The second-order valence-electron chi connectivity index (χ2n) is 4.63. The molecule has 0 amide bonds. The first kappa shape index (κ1) is 11.6. The number of Topliss-reactive ketones (excluding diaryl/α,β-unsaturated/α-hetero) is 1. The van der Waals surface area contributed by atoms with E-state index in [1.165, 1.54) is 0 Å². The molecular weight excluding hydrogens is 224 g/mol. The highest BCUT2D eigenvalue weighted by atomic mass is 35.5. The van der Waals surface area contributed by atoms with Crippen LogP contribution in [0.2, 0.25) is 5.02 Å². The summed E-state index contributed by atoms with van der Waals surface area (Å²) < 4.78 is 1.60. The number of carbonyl (C=O) groups is 1. The maximum atomic E-state index is 12.6. The Morgan fingerprint density at radius 1 is 1.56 bits per heavy atom. The molecule has 4 heteroatoms. The van der Waals surface area contributed by atoms with Gasteiger partial charge in [0.05, 0.1) is 11.2 Å². The maximum Gasteiger partial charge on any atom is 0.188 e. The van der Waals surface area contributed by atoms with Crippen molar-refractivity contribution < 1.29 is 4.79 Å². The molecule has 0 spiro atoms. The number of nitrogens with zero attached hydrogens (tertiary/aromatic N) is 2. The second kappa shape index (κ2) is 4.21. The zero-order chi connectivity index (χ0) is 11.8. The number of carbonyl (C=O) groups excluding carboxylic acids is 1. The molecule has 88 valence electrons. The summed E-state index contributed by atoms with van der Waals surface area (Å²) in [5.41, 5.74) is 0.391. The number of aromatic nitrogens is 2. The molecule has 0 aromatic carbocycles.